The van der Waals surface area contributed by atoms with E-state index in [0.717, 1.165) is 34.1 Å². The van der Waals surface area contributed by atoms with E-state index in [0.29, 0.717) is 12.1 Å². The first-order valence-corrected chi connectivity index (χ1v) is 7.89. The number of pyridine rings is 1. The van der Waals surface area contributed by atoms with E-state index < -0.39 is 0 Å². The van der Waals surface area contributed by atoms with Gasteiger partial charge in [-0.15, -0.1) is 24.8 Å². The quantitative estimate of drug-likeness (QED) is 0.671. The number of methoxy groups -OCH3 is 1. The third-order valence-corrected chi connectivity index (χ3v) is 3.93. The first-order valence-electron chi connectivity index (χ1n) is 7.89. The Bertz CT molecular complexity index is 900. The van der Waals surface area contributed by atoms with E-state index in [-0.39, 0.29) is 30.7 Å². The number of hydrogen-bond donors (Lipinski definition) is 1. The van der Waals surface area contributed by atoms with E-state index in [1.807, 2.05) is 61.5 Å². The van der Waals surface area contributed by atoms with Gasteiger partial charge in [0.15, 0.2) is 0 Å². The van der Waals surface area contributed by atoms with Crippen molar-refractivity contribution in [3.05, 3.63) is 48.0 Å². The third-order valence-electron chi connectivity index (χ3n) is 3.93. The van der Waals surface area contributed by atoms with Gasteiger partial charge in [0, 0.05) is 23.9 Å². The molecule has 0 fully saturated rings. The maximum atomic E-state index is 12.5. The maximum Gasteiger partial charge on any atom is 0.253 e. The summed E-state index contributed by atoms with van der Waals surface area (Å²) in [7, 11) is 5.60. The van der Waals surface area contributed by atoms with Gasteiger partial charge in [0.25, 0.3) is 5.91 Å². The van der Waals surface area contributed by atoms with Gasteiger partial charge in [-0.3, -0.25) is 4.79 Å². The van der Waals surface area contributed by atoms with Gasteiger partial charge in [0.1, 0.15) is 5.75 Å². The predicted octanol–water partition coefficient (Wildman–Crippen LogP) is 3.53. The molecule has 0 bridgehead atoms. The number of amides is 1. The molecule has 0 aliphatic rings. The molecular weight excluding hydrogens is 373 g/mol. The number of nitrogens with zero attached hydrogens (tertiary/aromatic N) is 2. The Labute approximate surface area is 165 Å². The van der Waals surface area contributed by atoms with Gasteiger partial charge in [-0.1, -0.05) is 12.1 Å². The van der Waals surface area contributed by atoms with Crippen LogP contribution in [0.2, 0.25) is 0 Å². The number of nitrogens with one attached hydrogen (secondary N) is 1. The molecule has 0 spiro atoms. The molecule has 3 rings (SSSR count). The van der Waals surface area contributed by atoms with Crippen molar-refractivity contribution >= 4 is 52.5 Å². The summed E-state index contributed by atoms with van der Waals surface area (Å²) >= 11 is 0. The van der Waals surface area contributed by atoms with Gasteiger partial charge in [0.2, 0.25) is 0 Å². The Kier molecular flexibility index (Phi) is 8.08. The number of para-hydroxylation sites is 1. The number of carbonyl (C=O) groups excluding carboxylic acids is 1. The van der Waals surface area contributed by atoms with Crippen LogP contribution in [0.15, 0.2) is 42.5 Å². The van der Waals surface area contributed by atoms with Gasteiger partial charge in [0.05, 0.1) is 23.7 Å². The molecule has 140 valence electrons. The van der Waals surface area contributed by atoms with Crippen LogP contribution in [0, 0.1) is 0 Å². The number of halogens is 2. The molecule has 3 aromatic rings. The van der Waals surface area contributed by atoms with Crippen LogP contribution in [0.1, 0.15) is 10.4 Å². The van der Waals surface area contributed by atoms with Crippen molar-refractivity contribution in [1.82, 2.24) is 15.2 Å². The minimum atomic E-state index is -0.0946. The largest absolute Gasteiger partial charge is 0.497 e. The van der Waals surface area contributed by atoms with Crippen LogP contribution in [0.3, 0.4) is 0 Å². The van der Waals surface area contributed by atoms with Crippen molar-refractivity contribution in [2.24, 2.45) is 0 Å². The number of ether oxygens (including phenoxy) is 1. The lowest BCUT2D eigenvalue weighted by molar-refractivity contribution is 0.0952. The molecule has 5 nitrogen and oxygen atoms in total. The van der Waals surface area contributed by atoms with Crippen molar-refractivity contribution in [3.8, 4) is 5.75 Å². The van der Waals surface area contributed by atoms with Crippen molar-refractivity contribution < 1.29 is 9.53 Å². The topological polar surface area (TPSA) is 54.5 Å². The molecule has 0 aliphatic carbocycles. The summed E-state index contributed by atoms with van der Waals surface area (Å²) in [6, 6.07) is 13.4. The van der Waals surface area contributed by atoms with Gasteiger partial charge in [-0.2, -0.15) is 0 Å². The zero-order valence-electron chi connectivity index (χ0n) is 15.0. The molecule has 1 amide bonds. The molecule has 7 heteroatoms. The van der Waals surface area contributed by atoms with Crippen molar-refractivity contribution in [3.63, 3.8) is 0 Å². The Morgan fingerprint density at radius 3 is 2.58 bits per heavy atom. The van der Waals surface area contributed by atoms with Crippen LogP contribution in [0.4, 0.5) is 0 Å². The summed E-state index contributed by atoms with van der Waals surface area (Å²) in [6.07, 6.45) is 0. The molecule has 2 aromatic carbocycles. The highest BCUT2D eigenvalue weighted by Crippen LogP contribution is 2.25. The zero-order chi connectivity index (χ0) is 17.1. The standard InChI is InChI=1S/C19H21N3O2.2ClH/c1-22(2)10-9-20-19(23)16-6-4-5-13-11-14-12-15(24-3)7-8-17(14)21-18(13)16;;/h4-8,11-12H,9-10H2,1-3H3,(H,20,23);2*1H. The van der Waals surface area contributed by atoms with Gasteiger partial charge >= 0.3 is 0 Å². The number of carbonyl (C=O) groups is 1. The lowest BCUT2D eigenvalue weighted by atomic mass is 10.1. The molecule has 0 unspecified atom stereocenters. The summed E-state index contributed by atoms with van der Waals surface area (Å²) in [5.41, 5.74) is 2.17. The number of hydrogen-bond acceptors (Lipinski definition) is 4. The fraction of sp³-hybridized carbons (Fsp3) is 0.263. The van der Waals surface area contributed by atoms with E-state index >= 15 is 0 Å². The highest BCUT2D eigenvalue weighted by atomic mass is 35.5. The van der Waals surface area contributed by atoms with Crippen LogP contribution in [-0.4, -0.2) is 50.1 Å². The van der Waals surface area contributed by atoms with Crippen molar-refractivity contribution in [2.45, 2.75) is 0 Å². The molecule has 0 saturated carbocycles. The summed E-state index contributed by atoms with van der Waals surface area (Å²) in [5, 5.41) is 4.88. The third kappa shape index (κ3) is 4.75. The Morgan fingerprint density at radius 1 is 1.12 bits per heavy atom. The number of benzene rings is 2. The molecule has 0 aliphatic heterocycles. The van der Waals surface area contributed by atoms with Gasteiger partial charge in [-0.05, 0) is 44.4 Å². The van der Waals surface area contributed by atoms with E-state index in [4.69, 9.17) is 9.72 Å². The Hall–Kier alpha value is -2.08. The van der Waals surface area contributed by atoms with Gasteiger partial charge < -0.3 is 15.0 Å². The predicted molar refractivity (Wildman–Crippen MR) is 111 cm³/mol. The van der Waals surface area contributed by atoms with Crippen LogP contribution in [0.25, 0.3) is 21.8 Å². The lowest BCUT2D eigenvalue weighted by Crippen LogP contribution is -2.31. The first-order chi connectivity index (χ1) is 11.6. The highest BCUT2D eigenvalue weighted by Gasteiger charge is 2.12. The number of likely N-dealkylation sites (N-methyl/N-ethyl adjacent to an activating group) is 1. The number of aromatic nitrogens is 1. The lowest BCUT2D eigenvalue weighted by Gasteiger charge is -2.12. The summed E-state index contributed by atoms with van der Waals surface area (Å²) in [5.74, 6) is 0.698. The van der Waals surface area contributed by atoms with Crippen LogP contribution in [-0.2, 0) is 0 Å². The van der Waals surface area contributed by atoms with Crippen LogP contribution >= 0.6 is 24.8 Å². The monoisotopic (exact) mass is 395 g/mol. The SMILES string of the molecule is COc1ccc2nc3c(C(=O)NCCN(C)C)cccc3cc2c1.Cl.Cl. The zero-order valence-corrected chi connectivity index (χ0v) is 16.6. The smallest absolute Gasteiger partial charge is 0.253 e. The van der Waals surface area contributed by atoms with Gasteiger partial charge in [-0.25, -0.2) is 4.98 Å². The minimum absolute atomic E-state index is 0. The second kappa shape index (κ2) is 9.57. The van der Waals surface area contributed by atoms with Crippen LogP contribution in [0.5, 0.6) is 5.75 Å². The number of fused-ring (bicyclic) bond motifs is 2. The normalized spacial score (nSPS) is 10.3. The highest BCUT2D eigenvalue weighted by molar-refractivity contribution is 6.07. The van der Waals surface area contributed by atoms with E-state index in [1.165, 1.54) is 0 Å². The van der Waals surface area contributed by atoms with Crippen LogP contribution < -0.4 is 10.1 Å². The molecule has 0 atom stereocenters. The second-order valence-corrected chi connectivity index (χ2v) is 5.98. The molecule has 0 radical (unpaired) electrons. The van der Waals surface area contributed by atoms with E-state index in [1.54, 1.807) is 7.11 Å². The molecular formula is C19H23Cl2N3O2. The Morgan fingerprint density at radius 2 is 1.88 bits per heavy atom. The average Bonchev–Trinajstić information content (AvgIpc) is 2.58. The Balaban J connectivity index is 0.00000169. The summed E-state index contributed by atoms with van der Waals surface area (Å²) in [4.78, 5) is 19.2. The maximum absolute atomic E-state index is 12.5. The molecule has 1 heterocycles. The van der Waals surface area contributed by atoms with E-state index in [2.05, 4.69) is 5.32 Å². The first kappa shape index (κ1) is 22.0. The summed E-state index contributed by atoms with van der Waals surface area (Å²) < 4.78 is 5.26. The average molecular weight is 396 g/mol. The minimum Gasteiger partial charge on any atom is -0.497 e. The summed E-state index contributed by atoms with van der Waals surface area (Å²) in [6.45, 7) is 1.40. The molecule has 1 N–H and O–H groups in total. The molecule has 1 aromatic heterocycles. The fourth-order valence-corrected chi connectivity index (χ4v) is 2.64. The second-order valence-electron chi connectivity index (χ2n) is 5.98. The molecule has 0 saturated heterocycles. The molecule has 26 heavy (non-hydrogen) atoms. The van der Waals surface area contributed by atoms with Crippen molar-refractivity contribution in [2.75, 3.05) is 34.3 Å². The van der Waals surface area contributed by atoms with E-state index in [9.17, 15) is 4.79 Å². The number of rotatable bonds is 5. The van der Waals surface area contributed by atoms with Crippen molar-refractivity contribution in [1.29, 1.82) is 0 Å². The fourth-order valence-electron chi connectivity index (χ4n) is 2.64.